The molecule has 0 unspecified atom stereocenters. The molecule has 0 aromatic carbocycles. The number of nitrogens with two attached hydrogens (primary N) is 1. The first-order valence-electron chi connectivity index (χ1n) is 5.31. The lowest BCUT2D eigenvalue weighted by Crippen LogP contribution is -2.46. The highest BCUT2D eigenvalue weighted by Gasteiger charge is 2.20. The van der Waals surface area contributed by atoms with Crippen LogP contribution in [0.5, 0.6) is 0 Å². The molecule has 1 amide bonds. The fraction of sp³-hybridized carbons (Fsp3) is 0.909. The maximum absolute atomic E-state index is 11.5. The molecule has 0 aliphatic heterocycles. The molecule has 0 atom stereocenters. The Morgan fingerprint density at radius 2 is 1.80 bits per heavy atom. The summed E-state index contributed by atoms with van der Waals surface area (Å²) in [6.45, 7) is 10.3. The molecular formula is C11H24N2O2. The Morgan fingerprint density at radius 1 is 1.27 bits per heavy atom. The molecule has 0 saturated heterocycles. The van der Waals surface area contributed by atoms with Gasteiger partial charge in [0.15, 0.2) is 0 Å². The van der Waals surface area contributed by atoms with E-state index in [1.54, 1.807) is 0 Å². The van der Waals surface area contributed by atoms with E-state index in [1.165, 1.54) is 0 Å². The molecule has 0 aliphatic rings. The van der Waals surface area contributed by atoms with E-state index in [4.69, 9.17) is 10.5 Å². The molecule has 15 heavy (non-hydrogen) atoms. The van der Waals surface area contributed by atoms with E-state index in [0.29, 0.717) is 6.54 Å². The summed E-state index contributed by atoms with van der Waals surface area (Å²) < 4.78 is 5.37. The first kappa shape index (κ1) is 14.4. The number of nitrogens with one attached hydrogen (secondary N) is 1. The smallest absolute Gasteiger partial charge is 0.246 e. The first-order chi connectivity index (χ1) is 6.66. The van der Waals surface area contributed by atoms with Crippen molar-refractivity contribution in [1.29, 1.82) is 0 Å². The van der Waals surface area contributed by atoms with E-state index in [0.717, 1.165) is 6.42 Å². The lowest BCUT2D eigenvalue weighted by atomic mass is 10.0. The van der Waals surface area contributed by atoms with E-state index in [1.807, 2.05) is 34.6 Å². The summed E-state index contributed by atoms with van der Waals surface area (Å²) >= 11 is 0. The van der Waals surface area contributed by atoms with Crippen molar-refractivity contribution in [3.63, 3.8) is 0 Å². The summed E-state index contributed by atoms with van der Waals surface area (Å²) in [5.74, 6) is -0.0941. The van der Waals surface area contributed by atoms with E-state index < -0.39 is 0 Å². The fourth-order valence-corrected chi connectivity index (χ4v) is 1.12. The minimum absolute atomic E-state index is 0.0941. The van der Waals surface area contributed by atoms with Crippen LogP contribution in [0.15, 0.2) is 0 Å². The summed E-state index contributed by atoms with van der Waals surface area (Å²) in [6.07, 6.45) is 0.758. The van der Waals surface area contributed by atoms with Crippen molar-refractivity contribution in [3.8, 4) is 0 Å². The van der Waals surface area contributed by atoms with E-state index in [-0.39, 0.29) is 23.7 Å². The van der Waals surface area contributed by atoms with Crippen LogP contribution in [0.2, 0.25) is 0 Å². The van der Waals surface area contributed by atoms with Gasteiger partial charge in [-0.2, -0.15) is 0 Å². The fourth-order valence-electron chi connectivity index (χ4n) is 1.12. The Kier molecular flexibility index (Phi) is 5.24. The van der Waals surface area contributed by atoms with Gasteiger partial charge in [0.25, 0.3) is 0 Å². The van der Waals surface area contributed by atoms with Gasteiger partial charge in [-0.05, 0) is 47.6 Å². The van der Waals surface area contributed by atoms with Crippen molar-refractivity contribution in [1.82, 2.24) is 5.32 Å². The topological polar surface area (TPSA) is 64.3 Å². The minimum atomic E-state index is -0.282. The Morgan fingerprint density at radius 3 is 2.20 bits per heavy atom. The third kappa shape index (κ3) is 8.39. The summed E-state index contributed by atoms with van der Waals surface area (Å²) in [6, 6.07) is 0. The lowest BCUT2D eigenvalue weighted by Gasteiger charge is -2.27. The maximum atomic E-state index is 11.5. The lowest BCUT2D eigenvalue weighted by molar-refractivity contribution is -0.132. The quantitative estimate of drug-likeness (QED) is 0.722. The van der Waals surface area contributed by atoms with Crippen LogP contribution in [-0.4, -0.2) is 30.2 Å². The predicted octanol–water partition coefficient (Wildman–Crippen LogP) is 1.05. The molecule has 0 fully saturated rings. The largest absolute Gasteiger partial charge is 0.366 e. The molecule has 0 aromatic rings. The molecule has 4 nitrogen and oxygen atoms in total. The Hall–Kier alpha value is -0.610. The number of ether oxygens (including phenoxy) is 1. The van der Waals surface area contributed by atoms with Crippen LogP contribution in [-0.2, 0) is 9.53 Å². The van der Waals surface area contributed by atoms with Gasteiger partial charge >= 0.3 is 0 Å². The third-order valence-electron chi connectivity index (χ3n) is 1.88. The molecule has 0 aromatic heterocycles. The highest BCUT2D eigenvalue weighted by atomic mass is 16.5. The number of hydrogen-bond acceptors (Lipinski definition) is 3. The van der Waals surface area contributed by atoms with E-state index in [2.05, 4.69) is 5.32 Å². The highest BCUT2D eigenvalue weighted by molar-refractivity contribution is 5.77. The molecule has 0 rings (SSSR count). The predicted molar refractivity (Wildman–Crippen MR) is 61.6 cm³/mol. The van der Waals surface area contributed by atoms with Crippen LogP contribution < -0.4 is 11.1 Å². The highest BCUT2D eigenvalue weighted by Crippen LogP contribution is 2.08. The average Bonchev–Trinajstić information content (AvgIpc) is 1.98. The standard InChI is InChI=1S/C11H24N2O2/c1-10(2,3)15-8-9(14)13-11(4,5)6-7-12/h6-8,12H2,1-5H3,(H,13,14). The average molecular weight is 216 g/mol. The Balaban J connectivity index is 3.93. The van der Waals surface area contributed by atoms with Crippen molar-refractivity contribution in [2.75, 3.05) is 13.2 Å². The Bertz CT molecular complexity index is 207. The maximum Gasteiger partial charge on any atom is 0.246 e. The van der Waals surface area contributed by atoms with E-state index >= 15 is 0 Å². The second-order valence-corrected chi connectivity index (χ2v) is 5.37. The molecule has 0 radical (unpaired) electrons. The summed E-state index contributed by atoms with van der Waals surface area (Å²) in [4.78, 5) is 11.5. The molecule has 3 N–H and O–H groups in total. The molecular weight excluding hydrogens is 192 g/mol. The van der Waals surface area contributed by atoms with Crippen molar-refractivity contribution in [2.45, 2.75) is 52.2 Å². The monoisotopic (exact) mass is 216 g/mol. The summed E-state index contributed by atoms with van der Waals surface area (Å²) in [5, 5.41) is 2.89. The molecule has 4 heteroatoms. The van der Waals surface area contributed by atoms with Crippen LogP contribution in [0.1, 0.15) is 41.0 Å². The van der Waals surface area contributed by atoms with Gasteiger partial charge in [-0.1, -0.05) is 0 Å². The molecule has 0 bridgehead atoms. The number of rotatable bonds is 5. The molecule has 0 heterocycles. The number of carbonyl (C=O) groups excluding carboxylic acids is 1. The van der Waals surface area contributed by atoms with Crippen molar-refractivity contribution >= 4 is 5.91 Å². The van der Waals surface area contributed by atoms with Crippen LogP contribution >= 0.6 is 0 Å². The third-order valence-corrected chi connectivity index (χ3v) is 1.88. The van der Waals surface area contributed by atoms with Crippen LogP contribution in [0.25, 0.3) is 0 Å². The van der Waals surface area contributed by atoms with Gasteiger partial charge in [-0.15, -0.1) is 0 Å². The first-order valence-corrected chi connectivity index (χ1v) is 5.31. The molecule has 0 spiro atoms. The zero-order valence-electron chi connectivity index (χ0n) is 10.5. The molecule has 90 valence electrons. The van der Waals surface area contributed by atoms with Crippen LogP contribution in [0, 0.1) is 0 Å². The van der Waals surface area contributed by atoms with Crippen LogP contribution in [0.3, 0.4) is 0 Å². The number of carbonyl (C=O) groups is 1. The second kappa shape index (κ2) is 5.47. The zero-order chi connectivity index (χ0) is 12.1. The second-order valence-electron chi connectivity index (χ2n) is 5.37. The van der Waals surface area contributed by atoms with Crippen molar-refractivity contribution in [2.24, 2.45) is 5.73 Å². The SMILES string of the molecule is CC(C)(CCN)NC(=O)COC(C)(C)C. The van der Waals surface area contributed by atoms with Gasteiger partial charge in [0.1, 0.15) is 6.61 Å². The van der Waals surface area contributed by atoms with Crippen molar-refractivity contribution < 1.29 is 9.53 Å². The number of amides is 1. The summed E-state index contributed by atoms with van der Waals surface area (Å²) in [7, 11) is 0. The van der Waals surface area contributed by atoms with Gasteiger partial charge < -0.3 is 15.8 Å². The van der Waals surface area contributed by atoms with Crippen LogP contribution in [0.4, 0.5) is 0 Å². The zero-order valence-corrected chi connectivity index (χ0v) is 10.5. The minimum Gasteiger partial charge on any atom is -0.366 e. The van der Waals surface area contributed by atoms with Gasteiger partial charge in [0.2, 0.25) is 5.91 Å². The van der Waals surface area contributed by atoms with Crippen molar-refractivity contribution in [3.05, 3.63) is 0 Å². The normalized spacial score (nSPS) is 12.7. The van der Waals surface area contributed by atoms with Gasteiger partial charge in [0.05, 0.1) is 5.60 Å². The summed E-state index contributed by atoms with van der Waals surface area (Å²) in [5.41, 5.74) is 4.91. The number of hydrogen-bond donors (Lipinski definition) is 2. The molecule has 0 saturated carbocycles. The Labute approximate surface area is 92.6 Å². The van der Waals surface area contributed by atoms with Gasteiger partial charge in [-0.25, -0.2) is 0 Å². The van der Waals surface area contributed by atoms with Gasteiger partial charge in [-0.3, -0.25) is 4.79 Å². The van der Waals surface area contributed by atoms with Gasteiger partial charge in [0, 0.05) is 5.54 Å². The molecule has 0 aliphatic carbocycles. The van der Waals surface area contributed by atoms with E-state index in [9.17, 15) is 4.79 Å².